The quantitative estimate of drug-likeness (QED) is 0.745. The molecular formula is C20H27N3O5S. The van der Waals surface area contributed by atoms with Crippen molar-refractivity contribution in [3.05, 3.63) is 35.5 Å². The first-order valence-electron chi connectivity index (χ1n) is 9.55. The summed E-state index contributed by atoms with van der Waals surface area (Å²) in [5.41, 5.74) is 0.791. The number of carbonyl (C=O) groups excluding carboxylic acids is 1. The molecular weight excluding hydrogens is 394 g/mol. The fourth-order valence-electron chi connectivity index (χ4n) is 3.84. The monoisotopic (exact) mass is 421 g/mol. The number of nitrogens with zero attached hydrogens (tertiary/aromatic N) is 3. The van der Waals surface area contributed by atoms with Gasteiger partial charge in [-0.15, -0.1) is 4.40 Å². The van der Waals surface area contributed by atoms with Crippen molar-refractivity contribution in [3.63, 3.8) is 0 Å². The first kappa shape index (κ1) is 21.2. The van der Waals surface area contributed by atoms with Crippen LogP contribution in [0, 0.1) is 0 Å². The molecule has 0 saturated carbocycles. The predicted molar refractivity (Wildman–Crippen MR) is 110 cm³/mol. The summed E-state index contributed by atoms with van der Waals surface area (Å²) in [6.07, 6.45) is 4.38. The van der Waals surface area contributed by atoms with E-state index in [4.69, 9.17) is 9.47 Å². The van der Waals surface area contributed by atoms with E-state index in [0.717, 1.165) is 23.6 Å². The highest BCUT2D eigenvalue weighted by Crippen LogP contribution is 2.31. The van der Waals surface area contributed by atoms with Crippen molar-refractivity contribution in [2.75, 3.05) is 21.3 Å². The van der Waals surface area contributed by atoms with E-state index < -0.39 is 10.2 Å². The summed E-state index contributed by atoms with van der Waals surface area (Å²) in [4.78, 5) is 15.1. The van der Waals surface area contributed by atoms with Crippen LogP contribution in [0.5, 0.6) is 11.5 Å². The number of amides is 1. The van der Waals surface area contributed by atoms with Gasteiger partial charge in [-0.1, -0.05) is 0 Å². The van der Waals surface area contributed by atoms with E-state index in [2.05, 4.69) is 4.40 Å². The minimum atomic E-state index is -4.03. The first-order chi connectivity index (χ1) is 13.7. The Bertz CT molecular complexity index is 960. The summed E-state index contributed by atoms with van der Waals surface area (Å²) in [5.74, 6) is 0.663. The molecule has 1 saturated heterocycles. The van der Waals surface area contributed by atoms with Crippen LogP contribution in [0.25, 0.3) is 0 Å². The van der Waals surface area contributed by atoms with Crippen molar-refractivity contribution in [2.45, 2.75) is 45.2 Å². The minimum absolute atomic E-state index is 0.0478. The van der Waals surface area contributed by atoms with Gasteiger partial charge in [0.1, 0.15) is 5.70 Å². The Morgan fingerprint density at radius 2 is 1.72 bits per heavy atom. The molecule has 29 heavy (non-hydrogen) atoms. The second-order valence-corrected chi connectivity index (χ2v) is 8.99. The van der Waals surface area contributed by atoms with E-state index in [-0.39, 0.29) is 29.4 Å². The molecule has 1 amide bonds. The topological polar surface area (TPSA) is 88.5 Å². The van der Waals surface area contributed by atoms with Crippen molar-refractivity contribution in [2.24, 2.45) is 4.40 Å². The lowest BCUT2D eigenvalue weighted by molar-refractivity contribution is -0.134. The van der Waals surface area contributed by atoms with Gasteiger partial charge in [0.05, 0.1) is 19.9 Å². The maximum atomic E-state index is 13.3. The molecule has 0 unspecified atom stereocenters. The second-order valence-electron chi connectivity index (χ2n) is 7.36. The fraction of sp³-hybridized carbons (Fsp3) is 0.500. The van der Waals surface area contributed by atoms with Gasteiger partial charge in [0.25, 0.3) is 5.91 Å². The van der Waals surface area contributed by atoms with Crippen LogP contribution < -0.4 is 9.47 Å². The van der Waals surface area contributed by atoms with Gasteiger partial charge in [0.15, 0.2) is 11.5 Å². The Morgan fingerprint density at radius 1 is 1.10 bits per heavy atom. The Morgan fingerprint density at radius 3 is 2.31 bits per heavy atom. The van der Waals surface area contributed by atoms with Crippen LogP contribution >= 0.6 is 0 Å². The molecule has 3 rings (SSSR count). The van der Waals surface area contributed by atoms with Crippen LogP contribution in [-0.4, -0.2) is 62.6 Å². The smallest absolute Gasteiger partial charge is 0.345 e. The summed E-state index contributed by atoms with van der Waals surface area (Å²) in [6, 6.07) is 5.10. The summed E-state index contributed by atoms with van der Waals surface area (Å²) in [6.45, 7) is 3.99. The Hall–Kier alpha value is -2.55. The maximum Gasteiger partial charge on any atom is 0.345 e. The Kier molecular flexibility index (Phi) is 5.88. The van der Waals surface area contributed by atoms with E-state index in [1.54, 1.807) is 23.1 Å². The van der Waals surface area contributed by atoms with Gasteiger partial charge in [-0.3, -0.25) is 4.79 Å². The molecule has 2 heterocycles. The molecule has 158 valence electrons. The number of carbonyl (C=O) groups is 1. The van der Waals surface area contributed by atoms with Crippen molar-refractivity contribution in [1.29, 1.82) is 0 Å². The molecule has 0 aliphatic carbocycles. The summed E-state index contributed by atoms with van der Waals surface area (Å²) in [5, 5.41) is 0. The highest BCUT2D eigenvalue weighted by Gasteiger charge is 2.37. The van der Waals surface area contributed by atoms with Crippen molar-refractivity contribution < 1.29 is 22.7 Å². The molecule has 0 bridgehead atoms. The lowest BCUT2D eigenvalue weighted by Crippen LogP contribution is -2.50. The molecule has 1 aromatic carbocycles. The number of likely N-dealkylation sites (N-methyl/N-ethyl adjacent to an activating group) is 1. The summed E-state index contributed by atoms with van der Waals surface area (Å²) in [7, 11) is 0.345. The number of methoxy groups -OCH3 is 2. The minimum Gasteiger partial charge on any atom is -0.493 e. The van der Waals surface area contributed by atoms with E-state index in [1.807, 2.05) is 13.8 Å². The normalized spacial score (nSPS) is 23.9. The molecule has 9 heteroatoms. The van der Waals surface area contributed by atoms with E-state index >= 15 is 0 Å². The highest BCUT2D eigenvalue weighted by molar-refractivity contribution is 7.88. The Balaban J connectivity index is 2.05. The van der Waals surface area contributed by atoms with Gasteiger partial charge >= 0.3 is 10.2 Å². The van der Waals surface area contributed by atoms with Gasteiger partial charge in [-0.25, -0.2) is 4.31 Å². The zero-order valence-corrected chi connectivity index (χ0v) is 18.2. The van der Waals surface area contributed by atoms with Crippen molar-refractivity contribution in [1.82, 2.24) is 9.21 Å². The van der Waals surface area contributed by atoms with E-state index in [1.165, 1.54) is 27.3 Å². The fourth-order valence-corrected chi connectivity index (χ4v) is 4.75. The standard InChI is InChI=1S/C20H27N3O5S/c1-13-7-6-8-14(2)23(13)20(24)17-12-16(21-29(25,26)22(17)3)15-9-10-18(27-4)19(11-15)28-5/h9-14H,6-8H2,1-5H3/t13-,14-/m0/s1. The van der Waals surface area contributed by atoms with E-state index in [9.17, 15) is 13.2 Å². The number of hydrogen-bond acceptors (Lipinski definition) is 5. The zero-order valence-electron chi connectivity index (χ0n) is 17.4. The molecule has 1 aromatic rings. The van der Waals surface area contributed by atoms with Crippen LogP contribution in [0.2, 0.25) is 0 Å². The second kappa shape index (κ2) is 8.06. The molecule has 0 N–H and O–H groups in total. The number of hydrogen-bond donors (Lipinski definition) is 0. The van der Waals surface area contributed by atoms with Crippen LogP contribution in [0.15, 0.2) is 34.4 Å². The third-order valence-corrected chi connectivity index (χ3v) is 6.82. The third-order valence-electron chi connectivity index (χ3n) is 5.50. The van der Waals surface area contributed by atoms with Crippen LogP contribution in [0.3, 0.4) is 0 Å². The Labute approximate surface area is 172 Å². The number of benzene rings is 1. The van der Waals surface area contributed by atoms with E-state index in [0.29, 0.717) is 17.1 Å². The third kappa shape index (κ3) is 3.96. The predicted octanol–water partition coefficient (Wildman–Crippen LogP) is 2.36. The lowest BCUT2D eigenvalue weighted by Gasteiger charge is -2.40. The largest absolute Gasteiger partial charge is 0.493 e. The molecule has 8 nitrogen and oxygen atoms in total. The lowest BCUT2D eigenvalue weighted by atomic mass is 9.97. The molecule has 0 aromatic heterocycles. The molecule has 1 fully saturated rings. The van der Waals surface area contributed by atoms with Crippen LogP contribution in [0.1, 0.15) is 38.7 Å². The number of likely N-dealkylation sites (tertiary alicyclic amines) is 1. The summed E-state index contributed by atoms with van der Waals surface area (Å²) >= 11 is 0. The number of allylic oxidation sites excluding steroid dienone is 1. The van der Waals surface area contributed by atoms with Gasteiger partial charge in [-0.2, -0.15) is 8.42 Å². The molecule has 2 aliphatic rings. The molecule has 2 atom stereocenters. The van der Waals surface area contributed by atoms with Gasteiger partial charge < -0.3 is 14.4 Å². The summed E-state index contributed by atoms with van der Waals surface area (Å²) < 4.78 is 40.7. The van der Waals surface area contributed by atoms with Crippen LogP contribution in [0.4, 0.5) is 0 Å². The average Bonchev–Trinajstić information content (AvgIpc) is 2.69. The zero-order chi connectivity index (χ0) is 21.3. The van der Waals surface area contributed by atoms with Crippen molar-refractivity contribution in [3.8, 4) is 11.5 Å². The van der Waals surface area contributed by atoms with Gasteiger partial charge in [0, 0.05) is 24.7 Å². The van der Waals surface area contributed by atoms with Crippen molar-refractivity contribution >= 4 is 21.8 Å². The molecule has 0 radical (unpaired) electrons. The van der Waals surface area contributed by atoms with Gasteiger partial charge in [-0.05, 0) is 57.4 Å². The maximum absolute atomic E-state index is 13.3. The SMILES string of the molecule is COc1ccc(C2=NS(=O)(=O)N(C)C(C(=O)N3[C@@H](C)CCC[C@@H]3C)=C2)cc1OC. The number of rotatable bonds is 4. The van der Waals surface area contributed by atoms with Crippen LogP contribution in [-0.2, 0) is 15.0 Å². The van der Waals surface area contributed by atoms with Gasteiger partial charge in [0.2, 0.25) is 0 Å². The number of piperidine rings is 1. The first-order valence-corrected chi connectivity index (χ1v) is 10.9. The highest BCUT2D eigenvalue weighted by atomic mass is 32.2. The number of ether oxygens (including phenoxy) is 2. The average molecular weight is 422 g/mol. The molecule has 2 aliphatic heterocycles. The molecule has 0 spiro atoms.